The highest BCUT2D eigenvalue weighted by Gasteiger charge is 2.26. The molecular formula is C16H11NO5. The SMILES string of the molecule is O=C(O)c1ccc(COc2ccc3c(c2)C(=O)NC3=O)cc1. The molecule has 0 aromatic heterocycles. The van der Waals surface area contributed by atoms with E-state index in [-0.39, 0.29) is 12.2 Å². The Bertz CT molecular complexity index is 780. The van der Waals surface area contributed by atoms with Gasteiger partial charge in [0.1, 0.15) is 12.4 Å². The lowest BCUT2D eigenvalue weighted by Gasteiger charge is -2.07. The van der Waals surface area contributed by atoms with Crippen molar-refractivity contribution >= 4 is 17.8 Å². The average Bonchev–Trinajstić information content (AvgIpc) is 2.80. The molecule has 0 saturated carbocycles. The van der Waals surface area contributed by atoms with Crippen molar-refractivity contribution in [1.29, 1.82) is 0 Å². The monoisotopic (exact) mass is 297 g/mol. The molecule has 0 aliphatic carbocycles. The van der Waals surface area contributed by atoms with Crippen molar-refractivity contribution in [3.05, 3.63) is 64.7 Å². The van der Waals surface area contributed by atoms with Crippen LogP contribution in [-0.2, 0) is 6.61 Å². The predicted molar refractivity (Wildman–Crippen MR) is 76.0 cm³/mol. The second-order valence-electron chi connectivity index (χ2n) is 4.78. The van der Waals surface area contributed by atoms with Crippen molar-refractivity contribution in [3.8, 4) is 5.75 Å². The summed E-state index contributed by atoms with van der Waals surface area (Å²) in [6.07, 6.45) is 0. The summed E-state index contributed by atoms with van der Waals surface area (Å²) in [6, 6.07) is 11.0. The van der Waals surface area contributed by atoms with Gasteiger partial charge in [-0.25, -0.2) is 4.79 Å². The molecule has 110 valence electrons. The molecule has 0 saturated heterocycles. The quantitative estimate of drug-likeness (QED) is 0.840. The van der Waals surface area contributed by atoms with Crippen LogP contribution >= 0.6 is 0 Å². The second kappa shape index (κ2) is 5.33. The Morgan fingerprint density at radius 2 is 1.68 bits per heavy atom. The molecule has 2 aromatic carbocycles. The summed E-state index contributed by atoms with van der Waals surface area (Å²) in [5, 5.41) is 11.0. The van der Waals surface area contributed by atoms with Crippen LogP contribution in [0.15, 0.2) is 42.5 Å². The molecule has 1 heterocycles. The van der Waals surface area contributed by atoms with E-state index in [0.717, 1.165) is 5.56 Å². The molecule has 0 fully saturated rings. The van der Waals surface area contributed by atoms with Crippen LogP contribution in [0.25, 0.3) is 0 Å². The minimum absolute atomic E-state index is 0.205. The van der Waals surface area contributed by atoms with Crippen LogP contribution < -0.4 is 10.1 Å². The summed E-state index contributed by atoms with van der Waals surface area (Å²) < 4.78 is 5.56. The Hall–Kier alpha value is -3.15. The van der Waals surface area contributed by atoms with Gasteiger partial charge in [0.15, 0.2) is 0 Å². The molecule has 2 amide bonds. The Morgan fingerprint density at radius 1 is 1.00 bits per heavy atom. The van der Waals surface area contributed by atoms with E-state index in [9.17, 15) is 14.4 Å². The molecule has 6 nitrogen and oxygen atoms in total. The van der Waals surface area contributed by atoms with Gasteiger partial charge in [0.2, 0.25) is 0 Å². The predicted octanol–water partition coefficient (Wildman–Crippen LogP) is 1.85. The number of carboxylic acid groups (broad SMARTS) is 1. The highest BCUT2D eigenvalue weighted by atomic mass is 16.5. The number of benzene rings is 2. The van der Waals surface area contributed by atoms with E-state index in [1.165, 1.54) is 18.2 Å². The highest BCUT2D eigenvalue weighted by Crippen LogP contribution is 2.22. The summed E-state index contributed by atoms with van der Waals surface area (Å²) in [6.45, 7) is 0.230. The van der Waals surface area contributed by atoms with Gasteiger partial charge in [0.05, 0.1) is 16.7 Å². The van der Waals surface area contributed by atoms with Crippen molar-refractivity contribution in [1.82, 2.24) is 5.32 Å². The molecule has 0 spiro atoms. The summed E-state index contributed by atoms with van der Waals surface area (Å²) in [7, 11) is 0. The second-order valence-corrected chi connectivity index (χ2v) is 4.78. The zero-order valence-corrected chi connectivity index (χ0v) is 11.3. The van der Waals surface area contributed by atoms with Crippen molar-refractivity contribution in [2.45, 2.75) is 6.61 Å². The molecule has 0 bridgehead atoms. The number of fused-ring (bicyclic) bond motifs is 1. The molecule has 2 N–H and O–H groups in total. The number of imide groups is 1. The number of hydrogen-bond donors (Lipinski definition) is 2. The standard InChI is InChI=1S/C16H11NO5/c18-14-12-6-5-11(7-13(12)15(19)17-14)22-8-9-1-3-10(4-2-9)16(20)21/h1-7H,8H2,(H,20,21)(H,17,18,19). The van der Waals surface area contributed by atoms with Crippen molar-refractivity contribution in [2.75, 3.05) is 0 Å². The van der Waals surface area contributed by atoms with Gasteiger partial charge < -0.3 is 9.84 Å². The zero-order chi connectivity index (χ0) is 15.7. The number of carbonyl (C=O) groups excluding carboxylic acids is 2. The molecule has 1 aliphatic rings. The molecule has 0 atom stereocenters. The number of nitrogens with one attached hydrogen (secondary N) is 1. The van der Waals surface area contributed by atoms with Crippen LogP contribution in [0.5, 0.6) is 5.75 Å². The molecule has 3 rings (SSSR count). The summed E-state index contributed by atoms with van der Waals surface area (Å²) in [4.78, 5) is 33.8. The Kier molecular flexibility index (Phi) is 3.34. The van der Waals surface area contributed by atoms with Crippen LogP contribution in [0.3, 0.4) is 0 Å². The maximum atomic E-state index is 11.6. The van der Waals surface area contributed by atoms with E-state index in [0.29, 0.717) is 16.9 Å². The number of ether oxygens (including phenoxy) is 1. The Balaban J connectivity index is 1.72. The maximum Gasteiger partial charge on any atom is 0.335 e. The number of hydrogen-bond acceptors (Lipinski definition) is 4. The lowest BCUT2D eigenvalue weighted by Crippen LogP contribution is -2.19. The third-order valence-corrected chi connectivity index (χ3v) is 3.31. The number of rotatable bonds is 4. The summed E-state index contributed by atoms with van der Waals surface area (Å²) >= 11 is 0. The largest absolute Gasteiger partial charge is 0.489 e. The van der Waals surface area contributed by atoms with Crippen LogP contribution in [-0.4, -0.2) is 22.9 Å². The van der Waals surface area contributed by atoms with Crippen LogP contribution in [0.1, 0.15) is 36.6 Å². The van der Waals surface area contributed by atoms with E-state index in [2.05, 4.69) is 5.32 Å². The smallest absolute Gasteiger partial charge is 0.335 e. The first-order valence-electron chi connectivity index (χ1n) is 6.49. The molecule has 1 aliphatic heterocycles. The minimum Gasteiger partial charge on any atom is -0.489 e. The molecule has 22 heavy (non-hydrogen) atoms. The molecular weight excluding hydrogens is 286 g/mol. The number of amides is 2. The van der Waals surface area contributed by atoms with E-state index < -0.39 is 17.8 Å². The fourth-order valence-electron chi connectivity index (χ4n) is 2.15. The van der Waals surface area contributed by atoms with Gasteiger partial charge in [-0.3, -0.25) is 14.9 Å². The van der Waals surface area contributed by atoms with Crippen molar-refractivity contribution < 1.29 is 24.2 Å². The van der Waals surface area contributed by atoms with Gasteiger partial charge in [-0.2, -0.15) is 0 Å². The first kappa shape index (κ1) is 13.8. The molecule has 6 heteroatoms. The average molecular weight is 297 g/mol. The number of carbonyl (C=O) groups is 3. The van der Waals surface area contributed by atoms with Crippen molar-refractivity contribution in [3.63, 3.8) is 0 Å². The van der Waals surface area contributed by atoms with Gasteiger partial charge in [-0.05, 0) is 35.9 Å². The maximum absolute atomic E-state index is 11.6. The number of aromatic carboxylic acids is 1. The summed E-state index contributed by atoms with van der Waals surface area (Å²) in [5.74, 6) is -1.36. The fraction of sp³-hybridized carbons (Fsp3) is 0.0625. The van der Waals surface area contributed by atoms with Crippen LogP contribution in [0, 0.1) is 0 Å². The topological polar surface area (TPSA) is 92.7 Å². The molecule has 2 aromatic rings. The van der Waals surface area contributed by atoms with E-state index in [1.807, 2.05) is 0 Å². The van der Waals surface area contributed by atoms with Gasteiger partial charge in [-0.1, -0.05) is 12.1 Å². The summed E-state index contributed by atoms with van der Waals surface area (Å²) in [5.41, 5.74) is 1.63. The fourth-order valence-corrected chi connectivity index (χ4v) is 2.15. The first-order valence-corrected chi connectivity index (χ1v) is 6.49. The van der Waals surface area contributed by atoms with E-state index >= 15 is 0 Å². The van der Waals surface area contributed by atoms with Crippen LogP contribution in [0.2, 0.25) is 0 Å². The third kappa shape index (κ3) is 2.54. The Labute approximate surface area is 125 Å². The highest BCUT2D eigenvalue weighted by molar-refractivity contribution is 6.21. The van der Waals surface area contributed by atoms with Gasteiger partial charge >= 0.3 is 5.97 Å². The van der Waals surface area contributed by atoms with Gasteiger partial charge in [0.25, 0.3) is 11.8 Å². The number of carboxylic acids is 1. The first-order chi connectivity index (χ1) is 10.5. The van der Waals surface area contributed by atoms with Crippen LogP contribution in [0.4, 0.5) is 0 Å². The van der Waals surface area contributed by atoms with E-state index in [1.54, 1.807) is 24.3 Å². The Morgan fingerprint density at radius 3 is 2.36 bits per heavy atom. The van der Waals surface area contributed by atoms with E-state index in [4.69, 9.17) is 9.84 Å². The molecule has 0 unspecified atom stereocenters. The lowest BCUT2D eigenvalue weighted by atomic mass is 10.1. The normalized spacial score (nSPS) is 12.7. The van der Waals surface area contributed by atoms with Crippen molar-refractivity contribution in [2.24, 2.45) is 0 Å². The third-order valence-electron chi connectivity index (χ3n) is 3.31. The van der Waals surface area contributed by atoms with Gasteiger partial charge in [0, 0.05) is 0 Å². The minimum atomic E-state index is -0.984. The van der Waals surface area contributed by atoms with Gasteiger partial charge in [-0.15, -0.1) is 0 Å². The zero-order valence-electron chi connectivity index (χ0n) is 11.3. The molecule has 0 radical (unpaired) electrons. The lowest BCUT2D eigenvalue weighted by molar-refractivity contribution is 0.0696.